The van der Waals surface area contributed by atoms with Gasteiger partial charge >= 0.3 is 0 Å². The van der Waals surface area contributed by atoms with Crippen LogP contribution in [0.25, 0.3) is 0 Å². The zero-order valence-corrected chi connectivity index (χ0v) is 10.7. The Morgan fingerprint density at radius 3 is 2.68 bits per heavy atom. The molecule has 1 aromatic heterocycles. The lowest BCUT2D eigenvalue weighted by molar-refractivity contribution is 0.0479. The van der Waals surface area contributed by atoms with Crippen molar-refractivity contribution in [2.45, 2.75) is 31.7 Å². The Morgan fingerprint density at radius 2 is 1.95 bits per heavy atom. The molecule has 100 valence electrons. The smallest absolute Gasteiger partial charge is 0.263 e. The van der Waals surface area contributed by atoms with Crippen molar-refractivity contribution in [3.63, 3.8) is 0 Å². The molecule has 0 radical (unpaired) electrons. The summed E-state index contributed by atoms with van der Waals surface area (Å²) in [6.45, 7) is 0.524. The number of carbonyl (C=O) groups excluding carboxylic acids is 2. The van der Waals surface area contributed by atoms with Gasteiger partial charge in [0.25, 0.3) is 11.8 Å². The average Bonchev–Trinajstić information content (AvgIpc) is 2.71. The molecule has 1 fully saturated rings. The molecule has 2 unspecified atom stereocenters. The van der Waals surface area contributed by atoms with Crippen molar-refractivity contribution in [3.05, 3.63) is 29.6 Å². The lowest BCUT2D eigenvalue weighted by atomic mass is 9.83. The maximum atomic E-state index is 12.4. The van der Waals surface area contributed by atoms with Gasteiger partial charge in [0.2, 0.25) is 0 Å². The van der Waals surface area contributed by atoms with Gasteiger partial charge in [-0.25, -0.2) is 0 Å². The van der Waals surface area contributed by atoms with Crippen molar-refractivity contribution in [1.29, 1.82) is 0 Å². The molecule has 1 aromatic rings. The summed E-state index contributed by atoms with van der Waals surface area (Å²) in [4.78, 5) is 30.2. The van der Waals surface area contributed by atoms with E-state index in [1.807, 2.05) is 0 Å². The van der Waals surface area contributed by atoms with Gasteiger partial charge in [-0.05, 0) is 31.4 Å². The van der Waals surface area contributed by atoms with Gasteiger partial charge in [-0.15, -0.1) is 0 Å². The van der Waals surface area contributed by atoms with E-state index < -0.39 is 0 Å². The molecule has 2 aliphatic rings. The van der Waals surface area contributed by atoms with E-state index in [1.54, 1.807) is 12.3 Å². The maximum absolute atomic E-state index is 12.4. The van der Waals surface area contributed by atoms with Crippen LogP contribution in [0.2, 0.25) is 0 Å². The number of rotatable bonds is 2. The van der Waals surface area contributed by atoms with Crippen molar-refractivity contribution in [1.82, 2.24) is 9.88 Å². The van der Waals surface area contributed by atoms with Crippen LogP contribution < -0.4 is 5.73 Å². The molecule has 1 aliphatic carbocycles. The standard InChI is InChI=1S/C14H17N3O2/c15-7-9-3-1-2-4-12(9)17-13(18)10-5-6-16-8-11(10)14(17)19/h5-6,8-9,12H,1-4,7,15H2. The highest BCUT2D eigenvalue weighted by Gasteiger charge is 2.43. The van der Waals surface area contributed by atoms with Crippen molar-refractivity contribution in [2.24, 2.45) is 11.7 Å². The second kappa shape index (κ2) is 4.74. The van der Waals surface area contributed by atoms with Crippen molar-refractivity contribution >= 4 is 11.8 Å². The monoisotopic (exact) mass is 259 g/mol. The molecule has 0 bridgehead atoms. The van der Waals surface area contributed by atoms with Gasteiger partial charge in [-0.1, -0.05) is 12.8 Å². The number of nitrogens with zero attached hydrogens (tertiary/aromatic N) is 2. The molecule has 2 heterocycles. The summed E-state index contributed by atoms with van der Waals surface area (Å²) in [6, 6.07) is 1.57. The molecular weight excluding hydrogens is 242 g/mol. The summed E-state index contributed by atoms with van der Waals surface area (Å²) in [5.74, 6) is -0.171. The first kappa shape index (κ1) is 12.3. The van der Waals surface area contributed by atoms with Crippen LogP contribution in [0.1, 0.15) is 46.4 Å². The maximum Gasteiger partial charge on any atom is 0.263 e. The number of carbonyl (C=O) groups is 2. The van der Waals surface area contributed by atoms with E-state index in [0.717, 1.165) is 25.7 Å². The Bertz CT molecular complexity index is 494. The summed E-state index contributed by atoms with van der Waals surface area (Å²) in [7, 11) is 0. The van der Waals surface area contributed by atoms with Gasteiger partial charge in [-0.2, -0.15) is 0 Å². The van der Waals surface area contributed by atoms with Crippen LogP contribution in [0.4, 0.5) is 0 Å². The number of imide groups is 1. The molecule has 1 saturated carbocycles. The highest BCUT2D eigenvalue weighted by atomic mass is 16.2. The van der Waals surface area contributed by atoms with Crippen LogP contribution in [-0.2, 0) is 0 Å². The lowest BCUT2D eigenvalue weighted by Crippen LogP contribution is -2.47. The van der Waals surface area contributed by atoms with E-state index in [1.165, 1.54) is 11.1 Å². The third-order valence-electron chi connectivity index (χ3n) is 4.22. The van der Waals surface area contributed by atoms with E-state index in [9.17, 15) is 9.59 Å². The summed E-state index contributed by atoms with van der Waals surface area (Å²) >= 11 is 0. The van der Waals surface area contributed by atoms with Crippen molar-refractivity contribution in [2.75, 3.05) is 6.54 Å². The first-order chi connectivity index (χ1) is 9.24. The van der Waals surface area contributed by atoms with Gasteiger partial charge in [0, 0.05) is 18.4 Å². The van der Waals surface area contributed by atoms with Crippen LogP contribution >= 0.6 is 0 Å². The van der Waals surface area contributed by atoms with Gasteiger partial charge in [0.05, 0.1) is 11.1 Å². The average molecular weight is 259 g/mol. The van der Waals surface area contributed by atoms with E-state index >= 15 is 0 Å². The van der Waals surface area contributed by atoms with E-state index in [2.05, 4.69) is 4.98 Å². The van der Waals surface area contributed by atoms with Crippen LogP contribution in [0.15, 0.2) is 18.5 Å². The number of hydrogen-bond acceptors (Lipinski definition) is 4. The molecule has 5 heteroatoms. The Hall–Kier alpha value is -1.75. The predicted molar refractivity (Wildman–Crippen MR) is 69.5 cm³/mol. The van der Waals surface area contributed by atoms with Gasteiger partial charge in [0.1, 0.15) is 0 Å². The van der Waals surface area contributed by atoms with Crippen LogP contribution in [0.3, 0.4) is 0 Å². The number of hydrogen-bond donors (Lipinski definition) is 1. The molecule has 1 aliphatic heterocycles. The largest absolute Gasteiger partial charge is 0.330 e. The molecule has 3 rings (SSSR count). The van der Waals surface area contributed by atoms with E-state index in [0.29, 0.717) is 17.7 Å². The minimum Gasteiger partial charge on any atom is -0.330 e. The fraction of sp³-hybridized carbons (Fsp3) is 0.500. The summed E-state index contributed by atoms with van der Waals surface area (Å²) < 4.78 is 0. The molecule has 2 amide bonds. The van der Waals surface area contributed by atoms with Crippen molar-refractivity contribution < 1.29 is 9.59 Å². The van der Waals surface area contributed by atoms with Gasteiger partial charge in [0.15, 0.2) is 0 Å². The first-order valence-electron chi connectivity index (χ1n) is 6.76. The Balaban J connectivity index is 1.95. The van der Waals surface area contributed by atoms with Crippen LogP contribution in [0, 0.1) is 5.92 Å². The first-order valence-corrected chi connectivity index (χ1v) is 6.76. The second-order valence-corrected chi connectivity index (χ2v) is 5.25. The van der Waals surface area contributed by atoms with Gasteiger partial charge in [-0.3, -0.25) is 19.5 Å². The quantitative estimate of drug-likeness (QED) is 0.809. The zero-order chi connectivity index (χ0) is 13.4. The lowest BCUT2D eigenvalue weighted by Gasteiger charge is -2.36. The topological polar surface area (TPSA) is 76.3 Å². The molecule has 2 N–H and O–H groups in total. The fourth-order valence-electron chi connectivity index (χ4n) is 3.21. The third-order valence-corrected chi connectivity index (χ3v) is 4.22. The van der Waals surface area contributed by atoms with Crippen molar-refractivity contribution in [3.8, 4) is 0 Å². The highest BCUT2D eigenvalue weighted by molar-refractivity contribution is 6.21. The SMILES string of the molecule is NCC1CCCCC1N1C(=O)c2ccncc2C1=O. The summed E-state index contributed by atoms with van der Waals surface area (Å²) in [5.41, 5.74) is 6.69. The number of nitrogens with two attached hydrogens (primary N) is 1. The minimum absolute atomic E-state index is 0.0499. The number of fused-ring (bicyclic) bond motifs is 1. The molecule has 0 spiro atoms. The Morgan fingerprint density at radius 1 is 1.21 bits per heavy atom. The third kappa shape index (κ3) is 1.85. The number of pyridine rings is 1. The second-order valence-electron chi connectivity index (χ2n) is 5.25. The molecule has 0 aromatic carbocycles. The highest BCUT2D eigenvalue weighted by Crippen LogP contribution is 2.33. The Labute approximate surface area is 111 Å². The Kier molecular flexibility index (Phi) is 3.06. The summed E-state index contributed by atoms with van der Waals surface area (Å²) in [6.07, 6.45) is 7.06. The minimum atomic E-state index is -0.210. The molecule has 5 nitrogen and oxygen atoms in total. The van der Waals surface area contributed by atoms with E-state index in [-0.39, 0.29) is 23.8 Å². The van der Waals surface area contributed by atoms with Crippen LogP contribution in [0.5, 0.6) is 0 Å². The predicted octanol–water partition coefficient (Wildman–Crippen LogP) is 1.20. The summed E-state index contributed by atoms with van der Waals surface area (Å²) in [5, 5.41) is 0. The molecule has 0 saturated heterocycles. The molecule has 2 atom stereocenters. The number of amides is 2. The van der Waals surface area contributed by atoms with Gasteiger partial charge < -0.3 is 5.73 Å². The van der Waals surface area contributed by atoms with Crippen LogP contribution in [-0.4, -0.2) is 34.3 Å². The molecule has 19 heavy (non-hydrogen) atoms. The number of aromatic nitrogens is 1. The fourth-order valence-corrected chi connectivity index (χ4v) is 3.21. The van der Waals surface area contributed by atoms with E-state index in [4.69, 9.17) is 5.73 Å². The molecular formula is C14H17N3O2. The normalized spacial score (nSPS) is 26.7. The zero-order valence-electron chi connectivity index (χ0n) is 10.7.